The van der Waals surface area contributed by atoms with Gasteiger partial charge in [-0.1, -0.05) is 37.1 Å². The molecule has 0 bridgehead atoms. The van der Waals surface area contributed by atoms with Gasteiger partial charge < -0.3 is 15.8 Å². The summed E-state index contributed by atoms with van der Waals surface area (Å²) in [6.07, 6.45) is 3.01. The second-order valence-corrected chi connectivity index (χ2v) is 5.93. The summed E-state index contributed by atoms with van der Waals surface area (Å²) in [4.78, 5) is 4.34. The first-order chi connectivity index (χ1) is 11.7. The van der Waals surface area contributed by atoms with Crippen LogP contribution in [-0.2, 0) is 6.42 Å². The summed E-state index contributed by atoms with van der Waals surface area (Å²) >= 11 is 5.87. The minimum atomic E-state index is 0. The molecule has 0 unspecified atom stereocenters. The van der Waals surface area contributed by atoms with Crippen molar-refractivity contribution in [2.24, 2.45) is 10.7 Å². The first-order valence-electron chi connectivity index (χ1n) is 8.21. The Morgan fingerprint density at radius 1 is 1.12 bits per heavy atom. The maximum atomic E-state index is 5.92. The van der Waals surface area contributed by atoms with E-state index in [1.807, 2.05) is 48.5 Å². The Morgan fingerprint density at radius 3 is 2.44 bits per heavy atom. The summed E-state index contributed by atoms with van der Waals surface area (Å²) in [5.41, 5.74) is 8.00. The summed E-state index contributed by atoms with van der Waals surface area (Å²) in [6.45, 7) is 3.52. The first kappa shape index (κ1) is 21.1. The van der Waals surface area contributed by atoms with Crippen LogP contribution in [0.15, 0.2) is 53.5 Å². The number of ether oxygens (including phenoxy) is 1. The summed E-state index contributed by atoms with van der Waals surface area (Å²) in [5.74, 6) is 1.27. The van der Waals surface area contributed by atoms with Gasteiger partial charge in [0.2, 0.25) is 0 Å². The zero-order valence-electron chi connectivity index (χ0n) is 14.4. The van der Waals surface area contributed by atoms with Crippen molar-refractivity contribution in [3.05, 3.63) is 59.1 Å². The fraction of sp³-hybridized carbons (Fsp3) is 0.316. The number of benzene rings is 2. The molecule has 0 spiro atoms. The molecule has 0 aliphatic carbocycles. The Labute approximate surface area is 160 Å². The lowest BCUT2D eigenvalue weighted by Crippen LogP contribution is -2.23. The molecule has 136 valence electrons. The van der Waals surface area contributed by atoms with E-state index in [-0.39, 0.29) is 12.4 Å². The molecule has 0 heterocycles. The van der Waals surface area contributed by atoms with Crippen molar-refractivity contribution in [3.63, 3.8) is 0 Å². The van der Waals surface area contributed by atoms with Crippen LogP contribution in [0.1, 0.15) is 25.3 Å². The lowest BCUT2D eigenvalue weighted by molar-refractivity contribution is 0.309. The molecular weight excluding hydrogens is 357 g/mol. The van der Waals surface area contributed by atoms with Crippen molar-refractivity contribution < 1.29 is 4.74 Å². The third kappa shape index (κ3) is 8.14. The molecule has 4 nitrogen and oxygen atoms in total. The molecule has 2 aromatic rings. The molecule has 0 saturated heterocycles. The quantitative estimate of drug-likeness (QED) is 0.387. The average Bonchev–Trinajstić information content (AvgIpc) is 2.58. The van der Waals surface area contributed by atoms with Gasteiger partial charge >= 0.3 is 0 Å². The van der Waals surface area contributed by atoms with Crippen LogP contribution in [0.5, 0.6) is 5.75 Å². The smallest absolute Gasteiger partial charge is 0.193 e. The van der Waals surface area contributed by atoms with Gasteiger partial charge in [-0.25, -0.2) is 0 Å². The van der Waals surface area contributed by atoms with E-state index in [1.54, 1.807) is 0 Å². The zero-order chi connectivity index (χ0) is 17.2. The lowest BCUT2D eigenvalue weighted by Gasteiger charge is -2.08. The summed E-state index contributed by atoms with van der Waals surface area (Å²) in [7, 11) is 0. The second-order valence-electron chi connectivity index (χ2n) is 5.49. The van der Waals surface area contributed by atoms with Crippen molar-refractivity contribution in [1.82, 2.24) is 0 Å². The molecule has 0 atom stereocenters. The normalized spacial score (nSPS) is 10.9. The predicted molar refractivity (Wildman–Crippen MR) is 109 cm³/mol. The zero-order valence-corrected chi connectivity index (χ0v) is 15.9. The molecule has 25 heavy (non-hydrogen) atoms. The van der Waals surface area contributed by atoms with E-state index in [1.165, 1.54) is 5.56 Å². The Bertz CT molecular complexity index is 643. The van der Waals surface area contributed by atoms with E-state index in [2.05, 4.69) is 17.2 Å². The van der Waals surface area contributed by atoms with E-state index in [0.717, 1.165) is 42.3 Å². The van der Waals surface area contributed by atoms with Gasteiger partial charge in [0.15, 0.2) is 5.96 Å². The molecular formula is C19H25Cl2N3O. The summed E-state index contributed by atoms with van der Waals surface area (Å²) in [6, 6.07) is 15.5. The van der Waals surface area contributed by atoms with Crippen LogP contribution < -0.4 is 15.8 Å². The van der Waals surface area contributed by atoms with E-state index in [9.17, 15) is 0 Å². The van der Waals surface area contributed by atoms with Gasteiger partial charge in [0.1, 0.15) is 5.75 Å². The number of aliphatic imine (C=N–C) groups is 1. The van der Waals surface area contributed by atoms with Crippen LogP contribution in [-0.4, -0.2) is 19.1 Å². The maximum absolute atomic E-state index is 5.92. The molecule has 0 saturated carbocycles. The van der Waals surface area contributed by atoms with Crippen molar-refractivity contribution in [1.29, 1.82) is 0 Å². The highest BCUT2D eigenvalue weighted by atomic mass is 35.5. The van der Waals surface area contributed by atoms with Gasteiger partial charge in [0.05, 0.1) is 6.61 Å². The van der Waals surface area contributed by atoms with Crippen LogP contribution in [0.2, 0.25) is 5.02 Å². The number of guanidine groups is 1. The van der Waals surface area contributed by atoms with E-state index in [0.29, 0.717) is 12.5 Å². The number of nitrogens with one attached hydrogen (secondary N) is 1. The molecule has 0 radical (unpaired) electrons. The SMILES string of the molecule is CCCCOc1ccc(NC(N)=NCCc2ccc(Cl)cc2)cc1.Cl. The Kier molecular flexibility index (Phi) is 9.81. The number of nitrogens with zero attached hydrogens (tertiary/aromatic N) is 1. The van der Waals surface area contributed by atoms with E-state index < -0.39 is 0 Å². The van der Waals surface area contributed by atoms with Crippen LogP contribution >= 0.6 is 24.0 Å². The van der Waals surface area contributed by atoms with E-state index >= 15 is 0 Å². The average molecular weight is 382 g/mol. The molecule has 2 rings (SSSR count). The second kappa shape index (κ2) is 11.6. The van der Waals surface area contributed by atoms with Gasteiger partial charge in [-0.2, -0.15) is 0 Å². The van der Waals surface area contributed by atoms with Crippen LogP contribution in [0, 0.1) is 0 Å². The highest BCUT2D eigenvalue weighted by Crippen LogP contribution is 2.16. The Hall–Kier alpha value is -1.91. The highest BCUT2D eigenvalue weighted by Gasteiger charge is 1.98. The van der Waals surface area contributed by atoms with Gasteiger partial charge in [-0.15, -0.1) is 12.4 Å². The monoisotopic (exact) mass is 381 g/mol. The largest absolute Gasteiger partial charge is 0.494 e. The highest BCUT2D eigenvalue weighted by molar-refractivity contribution is 6.30. The third-order valence-corrected chi connectivity index (χ3v) is 3.74. The molecule has 6 heteroatoms. The topological polar surface area (TPSA) is 59.6 Å². The van der Waals surface area contributed by atoms with Crippen molar-refractivity contribution >= 4 is 35.7 Å². The van der Waals surface area contributed by atoms with Crippen LogP contribution in [0.25, 0.3) is 0 Å². The van der Waals surface area contributed by atoms with Gasteiger partial charge in [-0.05, 0) is 54.8 Å². The van der Waals surface area contributed by atoms with Gasteiger partial charge in [0, 0.05) is 17.3 Å². The standard InChI is InChI=1S/C19H24ClN3O.ClH/c1-2-3-14-24-18-10-8-17(9-11-18)23-19(21)22-13-12-15-4-6-16(20)7-5-15;/h4-11H,2-3,12-14H2,1H3,(H3,21,22,23);1H. The number of anilines is 1. The minimum Gasteiger partial charge on any atom is -0.494 e. The van der Waals surface area contributed by atoms with Gasteiger partial charge in [0.25, 0.3) is 0 Å². The molecule has 2 aromatic carbocycles. The first-order valence-corrected chi connectivity index (χ1v) is 8.59. The lowest BCUT2D eigenvalue weighted by atomic mass is 10.1. The van der Waals surface area contributed by atoms with E-state index in [4.69, 9.17) is 22.1 Å². The number of hydrogen-bond donors (Lipinski definition) is 2. The minimum absolute atomic E-state index is 0. The summed E-state index contributed by atoms with van der Waals surface area (Å²) < 4.78 is 5.63. The fourth-order valence-electron chi connectivity index (χ4n) is 2.11. The molecule has 0 aromatic heterocycles. The fourth-order valence-corrected chi connectivity index (χ4v) is 2.24. The molecule has 0 aliphatic heterocycles. The third-order valence-electron chi connectivity index (χ3n) is 3.49. The predicted octanol–water partition coefficient (Wildman–Crippen LogP) is 4.91. The van der Waals surface area contributed by atoms with Crippen LogP contribution in [0.4, 0.5) is 5.69 Å². The van der Waals surface area contributed by atoms with Crippen LogP contribution in [0.3, 0.4) is 0 Å². The number of unbranched alkanes of at least 4 members (excludes halogenated alkanes) is 1. The maximum Gasteiger partial charge on any atom is 0.193 e. The Morgan fingerprint density at radius 2 is 1.80 bits per heavy atom. The molecule has 3 N–H and O–H groups in total. The Balaban J connectivity index is 0.00000312. The number of halogens is 2. The molecule has 0 fully saturated rings. The number of hydrogen-bond acceptors (Lipinski definition) is 2. The summed E-state index contributed by atoms with van der Waals surface area (Å²) in [5, 5.41) is 3.82. The van der Waals surface area contributed by atoms with Crippen molar-refractivity contribution in [2.75, 3.05) is 18.5 Å². The molecule has 0 amide bonds. The van der Waals surface area contributed by atoms with Crippen molar-refractivity contribution in [2.45, 2.75) is 26.2 Å². The number of rotatable bonds is 8. The molecule has 0 aliphatic rings. The number of nitrogens with two attached hydrogens (primary N) is 1. The van der Waals surface area contributed by atoms with Crippen molar-refractivity contribution in [3.8, 4) is 5.75 Å². The van der Waals surface area contributed by atoms with Gasteiger partial charge in [-0.3, -0.25) is 4.99 Å².